The van der Waals surface area contributed by atoms with Crippen LogP contribution in [0.25, 0.3) is 0 Å². The standard InChI is InChI=1S/C27H32NO3S2/c29-24(27(30,25-9-4-17-32-25)26-10-5-18-33-26)19-22-20-28(14-11-21(22)12-15-28)13-6-16-31-23-7-2-1-3-8-23/h1-5,7-10,17-18,21-22,30H,6,11-16,19-20H2/q+1/t21?,22-,28?/m0/s1. The van der Waals surface area contributed by atoms with Gasteiger partial charge in [-0.15, -0.1) is 22.7 Å². The van der Waals surface area contributed by atoms with Gasteiger partial charge >= 0.3 is 0 Å². The number of nitrogens with zero attached hydrogens (tertiary/aromatic N) is 1. The zero-order valence-electron chi connectivity index (χ0n) is 18.9. The summed E-state index contributed by atoms with van der Waals surface area (Å²) in [6.07, 6.45) is 3.86. The molecule has 2 aromatic heterocycles. The fraction of sp³-hybridized carbons (Fsp3) is 0.444. The van der Waals surface area contributed by atoms with Crippen molar-refractivity contribution in [1.29, 1.82) is 0 Å². The number of hydrogen-bond acceptors (Lipinski definition) is 5. The molecule has 0 saturated carbocycles. The van der Waals surface area contributed by atoms with Crippen LogP contribution < -0.4 is 4.74 Å². The van der Waals surface area contributed by atoms with Crippen LogP contribution in [0.1, 0.15) is 35.4 Å². The van der Waals surface area contributed by atoms with E-state index in [0.29, 0.717) is 18.3 Å². The van der Waals surface area contributed by atoms with Crippen LogP contribution in [0, 0.1) is 11.8 Å². The third kappa shape index (κ3) is 4.67. The number of carbonyl (C=O) groups excluding carboxylic acids is 1. The number of para-hydroxylation sites is 1. The lowest BCUT2D eigenvalue weighted by Crippen LogP contribution is -2.62. The summed E-state index contributed by atoms with van der Waals surface area (Å²) in [5, 5.41) is 15.6. The third-order valence-electron chi connectivity index (χ3n) is 7.63. The quantitative estimate of drug-likeness (QED) is 0.314. The molecule has 0 spiro atoms. The summed E-state index contributed by atoms with van der Waals surface area (Å²) in [6, 6.07) is 17.6. The Hall–Kier alpha value is -1.99. The van der Waals surface area contributed by atoms with Crippen molar-refractivity contribution in [3.8, 4) is 5.75 Å². The number of aliphatic hydroxyl groups is 1. The molecule has 2 bridgehead atoms. The van der Waals surface area contributed by atoms with E-state index in [1.807, 2.05) is 65.4 Å². The largest absolute Gasteiger partial charge is 0.493 e. The molecule has 5 heterocycles. The van der Waals surface area contributed by atoms with Crippen molar-refractivity contribution in [2.24, 2.45) is 11.8 Å². The van der Waals surface area contributed by atoms with Crippen molar-refractivity contribution >= 4 is 28.5 Å². The normalized spacial score (nSPS) is 24.6. The fourth-order valence-electron chi connectivity index (χ4n) is 5.84. The summed E-state index contributed by atoms with van der Waals surface area (Å²) in [4.78, 5) is 15.1. The molecule has 0 aliphatic carbocycles. The van der Waals surface area contributed by atoms with E-state index in [4.69, 9.17) is 4.74 Å². The van der Waals surface area contributed by atoms with E-state index in [-0.39, 0.29) is 5.78 Å². The molecule has 3 aliphatic heterocycles. The van der Waals surface area contributed by atoms with E-state index >= 15 is 0 Å². The minimum atomic E-state index is -1.51. The van der Waals surface area contributed by atoms with Gasteiger partial charge in [0.15, 0.2) is 11.4 Å². The van der Waals surface area contributed by atoms with Gasteiger partial charge in [0.2, 0.25) is 0 Å². The first-order valence-electron chi connectivity index (χ1n) is 12.0. The van der Waals surface area contributed by atoms with Crippen LogP contribution in [-0.2, 0) is 10.4 Å². The number of ketones is 1. The highest BCUT2D eigenvalue weighted by molar-refractivity contribution is 7.12. The van der Waals surface area contributed by atoms with Gasteiger partial charge in [0.05, 0.1) is 32.8 Å². The number of hydrogen-bond donors (Lipinski definition) is 1. The van der Waals surface area contributed by atoms with E-state index in [2.05, 4.69) is 0 Å². The van der Waals surface area contributed by atoms with Gasteiger partial charge in [-0.3, -0.25) is 4.79 Å². The van der Waals surface area contributed by atoms with Gasteiger partial charge in [0.25, 0.3) is 0 Å². The van der Waals surface area contributed by atoms with E-state index in [1.165, 1.54) is 48.6 Å². The summed E-state index contributed by atoms with van der Waals surface area (Å²) in [6.45, 7) is 5.30. The molecule has 1 aromatic carbocycles. The van der Waals surface area contributed by atoms with Crippen molar-refractivity contribution in [2.75, 3.05) is 32.8 Å². The van der Waals surface area contributed by atoms with Gasteiger partial charge < -0.3 is 14.3 Å². The van der Waals surface area contributed by atoms with Crippen LogP contribution in [0.2, 0.25) is 0 Å². The molecule has 0 unspecified atom stereocenters. The topological polar surface area (TPSA) is 46.5 Å². The number of fused-ring (bicyclic) bond motifs is 3. The minimum absolute atomic E-state index is 0.0447. The molecule has 0 radical (unpaired) electrons. The maximum atomic E-state index is 13.7. The number of benzene rings is 1. The van der Waals surface area contributed by atoms with Crippen LogP contribution in [0.3, 0.4) is 0 Å². The summed E-state index contributed by atoms with van der Waals surface area (Å²) >= 11 is 2.93. The third-order valence-corrected chi connectivity index (χ3v) is 9.59. The van der Waals surface area contributed by atoms with Crippen LogP contribution in [0.5, 0.6) is 5.75 Å². The van der Waals surface area contributed by atoms with E-state index in [9.17, 15) is 9.90 Å². The molecule has 3 fully saturated rings. The number of rotatable bonds is 10. The summed E-state index contributed by atoms with van der Waals surface area (Å²) in [5.41, 5.74) is -1.51. The Morgan fingerprint density at radius 3 is 2.27 bits per heavy atom. The second kappa shape index (κ2) is 9.71. The number of ether oxygens (including phenoxy) is 1. The first kappa shape index (κ1) is 22.8. The Bertz CT molecular complexity index is 991. The Morgan fingerprint density at radius 2 is 1.67 bits per heavy atom. The van der Waals surface area contributed by atoms with Crippen LogP contribution in [0.4, 0.5) is 0 Å². The zero-order valence-corrected chi connectivity index (χ0v) is 20.5. The SMILES string of the molecule is O=C(C[C@H]1C[N+]2(CCCOc3ccccc3)CCC1CC2)C(O)(c1cccs1)c1cccs1. The highest BCUT2D eigenvalue weighted by Crippen LogP contribution is 2.43. The summed E-state index contributed by atoms with van der Waals surface area (Å²) in [7, 11) is 0. The highest BCUT2D eigenvalue weighted by Gasteiger charge is 2.49. The first-order chi connectivity index (χ1) is 16.1. The van der Waals surface area contributed by atoms with Crippen LogP contribution in [-0.4, -0.2) is 48.2 Å². The van der Waals surface area contributed by atoms with E-state index in [1.54, 1.807) is 0 Å². The average molecular weight is 483 g/mol. The second-order valence-corrected chi connectivity index (χ2v) is 11.5. The molecule has 33 heavy (non-hydrogen) atoms. The maximum Gasteiger partial charge on any atom is 0.192 e. The van der Waals surface area contributed by atoms with Crippen molar-refractivity contribution in [1.82, 2.24) is 0 Å². The average Bonchev–Trinajstić information content (AvgIpc) is 3.58. The molecule has 0 amide bonds. The second-order valence-electron chi connectivity index (χ2n) is 9.60. The highest BCUT2D eigenvalue weighted by atomic mass is 32.1. The van der Waals surface area contributed by atoms with Gasteiger partial charge in [-0.05, 0) is 40.9 Å². The molecule has 1 atom stereocenters. The number of quaternary nitrogens is 1. The van der Waals surface area contributed by atoms with Crippen molar-refractivity contribution < 1.29 is 19.1 Å². The summed E-state index contributed by atoms with van der Waals surface area (Å²) < 4.78 is 7.02. The molecule has 3 aliphatic rings. The van der Waals surface area contributed by atoms with Gasteiger partial charge in [-0.2, -0.15) is 0 Å². The molecule has 174 valence electrons. The van der Waals surface area contributed by atoms with Gasteiger partial charge in [0, 0.05) is 41.4 Å². The number of thiophene rings is 2. The predicted molar refractivity (Wildman–Crippen MR) is 134 cm³/mol. The number of carbonyl (C=O) groups is 1. The molecule has 3 aromatic rings. The maximum absolute atomic E-state index is 13.7. The van der Waals surface area contributed by atoms with Crippen LogP contribution in [0.15, 0.2) is 65.4 Å². The number of piperidine rings is 3. The summed E-state index contributed by atoms with van der Waals surface area (Å²) in [5.74, 6) is 1.84. The van der Waals surface area contributed by atoms with Crippen molar-refractivity contribution in [3.05, 3.63) is 75.1 Å². The molecule has 1 N–H and O–H groups in total. The van der Waals surface area contributed by atoms with Gasteiger partial charge in [-0.25, -0.2) is 0 Å². The predicted octanol–water partition coefficient (Wildman–Crippen LogP) is 5.33. The van der Waals surface area contributed by atoms with Crippen molar-refractivity contribution in [3.63, 3.8) is 0 Å². The smallest absolute Gasteiger partial charge is 0.192 e. The lowest BCUT2D eigenvalue weighted by molar-refractivity contribution is -0.947. The molecule has 4 nitrogen and oxygen atoms in total. The van der Waals surface area contributed by atoms with Gasteiger partial charge in [-0.1, -0.05) is 30.3 Å². The lowest BCUT2D eigenvalue weighted by atomic mass is 9.73. The van der Waals surface area contributed by atoms with E-state index in [0.717, 1.165) is 46.1 Å². The molecule has 3 saturated heterocycles. The number of Topliss-reactive ketones (excluding diaryl/α,β-unsaturated/α-hetero) is 1. The first-order valence-corrected chi connectivity index (χ1v) is 13.7. The molecule has 6 rings (SSSR count). The lowest BCUT2D eigenvalue weighted by Gasteiger charge is -2.53. The Balaban J connectivity index is 1.24. The monoisotopic (exact) mass is 482 g/mol. The van der Waals surface area contributed by atoms with Crippen molar-refractivity contribution in [2.45, 2.75) is 31.3 Å². The Labute approximate surface area is 204 Å². The zero-order chi connectivity index (χ0) is 22.7. The minimum Gasteiger partial charge on any atom is -0.493 e. The van der Waals surface area contributed by atoms with Gasteiger partial charge in [0.1, 0.15) is 5.75 Å². The molecular weight excluding hydrogens is 450 g/mol. The van der Waals surface area contributed by atoms with Crippen LogP contribution >= 0.6 is 22.7 Å². The van der Waals surface area contributed by atoms with E-state index < -0.39 is 5.60 Å². The molecule has 6 heteroatoms. The fourth-order valence-corrected chi connectivity index (χ4v) is 7.61. The molecular formula is C27H32NO3S2+. The Morgan fingerprint density at radius 1 is 1.00 bits per heavy atom. The Kier molecular flexibility index (Phi) is 6.70.